The van der Waals surface area contributed by atoms with Gasteiger partial charge in [0.1, 0.15) is 4.90 Å². The SMILES string of the molecule is CNC1CCOc2c(S(=N)(=O)NC(=O)Nc3c4c(cc5c3CCC5)CCC4)cnn2C1. The van der Waals surface area contributed by atoms with Crippen molar-refractivity contribution in [3.8, 4) is 5.88 Å². The number of carbonyl (C=O) groups is 1. The summed E-state index contributed by atoms with van der Waals surface area (Å²) in [4.78, 5) is 13.0. The maximum absolute atomic E-state index is 13.2. The first kappa shape index (κ1) is 20.3. The van der Waals surface area contributed by atoms with Crippen molar-refractivity contribution in [1.82, 2.24) is 19.8 Å². The predicted octanol–water partition coefficient (Wildman–Crippen LogP) is 2.37. The van der Waals surface area contributed by atoms with Crippen molar-refractivity contribution in [2.75, 3.05) is 19.0 Å². The van der Waals surface area contributed by atoms with Crippen molar-refractivity contribution in [3.05, 3.63) is 34.5 Å². The summed E-state index contributed by atoms with van der Waals surface area (Å²) in [6, 6.07) is 1.84. The largest absolute Gasteiger partial charge is 0.477 e. The molecule has 2 atom stereocenters. The molecule has 9 nitrogen and oxygen atoms in total. The number of urea groups is 1. The van der Waals surface area contributed by atoms with Crippen LogP contribution in [-0.2, 0) is 42.1 Å². The average Bonchev–Trinajstić information content (AvgIpc) is 3.44. The van der Waals surface area contributed by atoms with Crippen LogP contribution in [0, 0.1) is 4.78 Å². The number of aryl methyl sites for hydroxylation is 2. The van der Waals surface area contributed by atoms with Gasteiger partial charge in [-0.05, 0) is 74.2 Å². The number of hydrogen-bond donors (Lipinski definition) is 4. The molecule has 0 fully saturated rings. The highest BCUT2D eigenvalue weighted by molar-refractivity contribution is 7.91. The van der Waals surface area contributed by atoms with Gasteiger partial charge in [0, 0.05) is 11.7 Å². The molecule has 0 saturated carbocycles. The summed E-state index contributed by atoms with van der Waals surface area (Å²) in [5.74, 6) is 0.291. The summed E-state index contributed by atoms with van der Waals surface area (Å²) in [6.07, 6.45) is 8.23. The first-order chi connectivity index (χ1) is 15.0. The predicted molar refractivity (Wildman–Crippen MR) is 117 cm³/mol. The van der Waals surface area contributed by atoms with Gasteiger partial charge in [-0.1, -0.05) is 6.07 Å². The minimum absolute atomic E-state index is 0.0999. The first-order valence-corrected chi connectivity index (χ1v) is 12.4. The number of carbonyl (C=O) groups excluding carboxylic acids is 1. The highest BCUT2D eigenvalue weighted by Crippen LogP contribution is 2.38. The Hall–Kier alpha value is -2.59. The number of nitrogens with one attached hydrogen (secondary N) is 4. The quantitative estimate of drug-likeness (QED) is 0.577. The van der Waals surface area contributed by atoms with Crippen LogP contribution in [0.4, 0.5) is 10.5 Å². The molecule has 0 radical (unpaired) electrons. The number of nitrogens with zero attached hydrogens (tertiary/aromatic N) is 2. The van der Waals surface area contributed by atoms with Gasteiger partial charge in [0.25, 0.3) is 0 Å². The fourth-order valence-electron chi connectivity index (χ4n) is 4.96. The number of anilines is 1. The van der Waals surface area contributed by atoms with E-state index >= 15 is 0 Å². The van der Waals surface area contributed by atoms with E-state index in [-0.39, 0.29) is 10.9 Å². The van der Waals surface area contributed by atoms with E-state index in [2.05, 4.69) is 26.5 Å². The average molecular weight is 445 g/mol. The van der Waals surface area contributed by atoms with Crippen LogP contribution >= 0.6 is 0 Å². The van der Waals surface area contributed by atoms with Crippen molar-refractivity contribution in [2.24, 2.45) is 0 Å². The van der Waals surface area contributed by atoms with E-state index in [4.69, 9.17) is 9.52 Å². The summed E-state index contributed by atoms with van der Waals surface area (Å²) in [6.45, 7) is 0.976. The van der Waals surface area contributed by atoms with Gasteiger partial charge < -0.3 is 15.4 Å². The van der Waals surface area contributed by atoms with Gasteiger partial charge in [-0.15, -0.1) is 0 Å². The van der Waals surface area contributed by atoms with Crippen molar-refractivity contribution < 1.29 is 13.7 Å². The molecule has 0 bridgehead atoms. The highest BCUT2D eigenvalue weighted by Gasteiger charge is 2.29. The van der Waals surface area contributed by atoms with E-state index in [1.165, 1.54) is 28.5 Å². The third-order valence-corrected chi connectivity index (χ3v) is 7.90. The van der Waals surface area contributed by atoms with Gasteiger partial charge in [0.15, 0.2) is 9.92 Å². The molecule has 2 aromatic rings. The van der Waals surface area contributed by atoms with E-state index < -0.39 is 15.9 Å². The van der Waals surface area contributed by atoms with Crippen molar-refractivity contribution >= 4 is 21.6 Å². The normalized spacial score (nSPS) is 21.3. The highest BCUT2D eigenvalue weighted by atomic mass is 32.2. The number of rotatable bonds is 4. The fourth-order valence-corrected chi connectivity index (χ4v) is 5.98. The molecule has 3 aliphatic rings. The standard InChI is InChI=1S/C21H28N6O3S/c1-23-15-8-9-30-20-18(11-24-27(20)12-15)31(22,29)26-21(28)25-19-16-6-2-4-13(16)10-14-5-3-7-17(14)19/h10-11,15,23H,2-9,12H2,1H3,(H3,22,25,26,28,29). The van der Waals surface area contributed by atoms with Crippen LogP contribution in [0.25, 0.3) is 0 Å². The van der Waals surface area contributed by atoms with Crippen molar-refractivity contribution in [3.63, 3.8) is 0 Å². The van der Waals surface area contributed by atoms with Crippen LogP contribution in [0.5, 0.6) is 5.88 Å². The van der Waals surface area contributed by atoms with Crippen LogP contribution in [0.2, 0.25) is 0 Å². The molecule has 0 spiro atoms. The monoisotopic (exact) mass is 444 g/mol. The lowest BCUT2D eigenvalue weighted by atomic mass is 9.99. The fraction of sp³-hybridized carbons (Fsp3) is 0.524. The van der Waals surface area contributed by atoms with Crippen LogP contribution in [-0.4, -0.2) is 39.7 Å². The maximum atomic E-state index is 13.2. The molecule has 5 rings (SSSR count). The zero-order valence-electron chi connectivity index (χ0n) is 17.6. The molecule has 2 amide bonds. The Morgan fingerprint density at radius 2 is 1.94 bits per heavy atom. The summed E-state index contributed by atoms with van der Waals surface area (Å²) in [5.41, 5.74) is 5.84. The van der Waals surface area contributed by atoms with Crippen LogP contribution < -0.4 is 20.1 Å². The molecule has 1 aliphatic heterocycles. The van der Waals surface area contributed by atoms with Gasteiger partial charge >= 0.3 is 6.03 Å². The Labute approximate surface area is 182 Å². The number of ether oxygens (including phenoxy) is 1. The Morgan fingerprint density at radius 1 is 1.23 bits per heavy atom. The van der Waals surface area contributed by atoms with Crippen LogP contribution in [0.3, 0.4) is 0 Å². The number of aromatic nitrogens is 2. The van der Waals surface area contributed by atoms with Crippen molar-refractivity contribution in [1.29, 1.82) is 4.78 Å². The number of hydrogen-bond acceptors (Lipinski definition) is 6. The molecule has 2 heterocycles. The number of benzene rings is 1. The van der Waals surface area contributed by atoms with E-state index in [1.807, 2.05) is 7.05 Å². The second kappa shape index (κ2) is 7.83. The minimum Gasteiger partial charge on any atom is -0.477 e. The van der Waals surface area contributed by atoms with E-state index in [9.17, 15) is 9.00 Å². The molecule has 0 saturated heterocycles. The Balaban J connectivity index is 1.38. The summed E-state index contributed by atoms with van der Waals surface area (Å²) >= 11 is 0. The van der Waals surface area contributed by atoms with Crippen molar-refractivity contribution in [2.45, 2.75) is 62.4 Å². The lowest BCUT2D eigenvalue weighted by Crippen LogP contribution is -2.34. The van der Waals surface area contributed by atoms with Crippen LogP contribution in [0.1, 0.15) is 41.5 Å². The zero-order valence-corrected chi connectivity index (χ0v) is 18.4. The Morgan fingerprint density at radius 3 is 2.61 bits per heavy atom. The summed E-state index contributed by atoms with van der Waals surface area (Å²) < 4.78 is 31.3. The minimum atomic E-state index is -3.64. The number of fused-ring (bicyclic) bond motifs is 3. The van der Waals surface area contributed by atoms with Gasteiger partial charge in [0.2, 0.25) is 5.88 Å². The molecule has 10 heteroatoms. The number of amides is 2. The van der Waals surface area contributed by atoms with Gasteiger partial charge in [-0.25, -0.2) is 23.2 Å². The molecule has 1 aromatic heterocycles. The second-order valence-electron chi connectivity index (χ2n) is 8.47. The summed E-state index contributed by atoms with van der Waals surface area (Å²) in [5, 5.41) is 10.4. The second-order valence-corrected chi connectivity index (χ2v) is 10.2. The van der Waals surface area contributed by atoms with Gasteiger partial charge in [-0.3, -0.25) is 0 Å². The first-order valence-electron chi connectivity index (χ1n) is 10.9. The molecule has 2 aliphatic carbocycles. The van der Waals surface area contributed by atoms with E-state index in [0.717, 1.165) is 50.6 Å². The third-order valence-electron chi connectivity index (χ3n) is 6.52. The Kier molecular flexibility index (Phi) is 5.13. The smallest absolute Gasteiger partial charge is 0.331 e. The van der Waals surface area contributed by atoms with E-state index in [1.54, 1.807) is 4.68 Å². The molecular formula is C21H28N6O3S. The molecule has 1 aromatic carbocycles. The summed E-state index contributed by atoms with van der Waals surface area (Å²) in [7, 11) is -1.77. The molecule has 31 heavy (non-hydrogen) atoms. The molecular weight excluding hydrogens is 416 g/mol. The number of likely N-dealkylation sites (N-methyl/N-ethyl adjacent to an activating group) is 1. The molecule has 166 valence electrons. The molecule has 4 N–H and O–H groups in total. The zero-order chi connectivity index (χ0) is 21.6. The third kappa shape index (κ3) is 3.67. The van der Waals surface area contributed by atoms with E-state index in [0.29, 0.717) is 19.0 Å². The molecule has 2 unspecified atom stereocenters. The van der Waals surface area contributed by atoms with Gasteiger partial charge in [0.05, 0.1) is 19.3 Å². The lowest BCUT2D eigenvalue weighted by molar-refractivity contribution is 0.256. The van der Waals surface area contributed by atoms with Crippen LogP contribution in [0.15, 0.2) is 17.2 Å². The lowest BCUT2D eigenvalue weighted by Gasteiger charge is -2.17. The topological polar surface area (TPSA) is 121 Å². The maximum Gasteiger partial charge on any atom is 0.331 e. The van der Waals surface area contributed by atoms with Gasteiger partial charge in [-0.2, -0.15) is 5.10 Å². The Bertz CT molecular complexity index is 1110.